The van der Waals surface area contributed by atoms with Crippen LogP contribution in [0.15, 0.2) is 41.5 Å². The van der Waals surface area contributed by atoms with Crippen LogP contribution in [0.1, 0.15) is 52.4 Å². The van der Waals surface area contributed by atoms with Gasteiger partial charge in [-0.15, -0.1) is 10.2 Å². The maximum Gasteiger partial charge on any atom is 0.251 e. The molecule has 37 heavy (non-hydrogen) atoms. The fourth-order valence-electron chi connectivity index (χ4n) is 5.30. The van der Waals surface area contributed by atoms with Crippen molar-refractivity contribution in [3.63, 3.8) is 0 Å². The van der Waals surface area contributed by atoms with E-state index in [9.17, 15) is 14.3 Å². The molecule has 3 aromatic rings. The Labute approximate surface area is 214 Å². The number of halogens is 2. The summed E-state index contributed by atoms with van der Waals surface area (Å²) in [6.07, 6.45) is 6.38. The minimum absolute atomic E-state index is 0.0922. The second kappa shape index (κ2) is 9.16. The number of rotatable bonds is 6. The van der Waals surface area contributed by atoms with Gasteiger partial charge in [-0.2, -0.15) is 0 Å². The van der Waals surface area contributed by atoms with E-state index >= 15 is 4.39 Å². The highest BCUT2D eigenvalue weighted by Gasteiger charge is 2.52. The van der Waals surface area contributed by atoms with E-state index in [0.29, 0.717) is 48.5 Å². The van der Waals surface area contributed by atoms with Crippen LogP contribution in [-0.2, 0) is 7.05 Å². The van der Waals surface area contributed by atoms with E-state index in [4.69, 9.17) is 5.73 Å². The number of nitrogens with zero attached hydrogens (tertiary/aromatic N) is 5. The molecule has 3 N–H and O–H groups in total. The fourth-order valence-corrected chi connectivity index (χ4v) is 5.30. The van der Waals surface area contributed by atoms with Gasteiger partial charge < -0.3 is 20.3 Å². The Bertz CT molecular complexity index is 1370. The monoisotopic (exact) mass is 510 g/mol. The fraction of sp³-hybridized carbons (Fsp3) is 0.481. The van der Waals surface area contributed by atoms with Crippen LogP contribution >= 0.6 is 0 Å². The molecule has 0 amide bonds. The topological polar surface area (TPSA) is 110 Å². The zero-order chi connectivity index (χ0) is 26.5. The summed E-state index contributed by atoms with van der Waals surface area (Å²) in [6, 6.07) is 5.45. The van der Waals surface area contributed by atoms with Crippen LogP contribution in [0.25, 0.3) is 22.4 Å². The third-order valence-electron chi connectivity index (χ3n) is 7.78. The highest BCUT2D eigenvalue weighted by Crippen LogP contribution is 2.45. The van der Waals surface area contributed by atoms with Crippen molar-refractivity contribution in [2.75, 3.05) is 4.90 Å². The number of alkyl halides is 1. The number of nitrogens with two attached hydrogens (primary N) is 1. The molecule has 5 rings (SSSR count). The van der Waals surface area contributed by atoms with Crippen molar-refractivity contribution in [1.29, 1.82) is 0 Å². The Morgan fingerprint density at radius 2 is 1.97 bits per heavy atom. The summed E-state index contributed by atoms with van der Waals surface area (Å²) in [4.78, 5) is 18.5. The van der Waals surface area contributed by atoms with Crippen molar-refractivity contribution in [3.05, 3.63) is 52.8 Å². The molecule has 10 heteroatoms. The highest BCUT2D eigenvalue weighted by molar-refractivity contribution is 5.74. The molecule has 2 aliphatic carbocycles. The number of hydrogen-bond donors (Lipinski definition) is 2. The smallest absolute Gasteiger partial charge is 0.251 e. The van der Waals surface area contributed by atoms with Gasteiger partial charge in [0.15, 0.2) is 0 Å². The summed E-state index contributed by atoms with van der Waals surface area (Å²) in [5.41, 5.74) is 5.37. The number of anilines is 1. The predicted molar refractivity (Wildman–Crippen MR) is 137 cm³/mol. The van der Waals surface area contributed by atoms with Gasteiger partial charge in [0.2, 0.25) is 5.95 Å². The molecular formula is C27H32F2N6O2. The van der Waals surface area contributed by atoms with Crippen LogP contribution in [0.4, 0.5) is 14.7 Å². The molecule has 2 saturated carbocycles. The number of phenolic OH excluding ortho intramolecular Hbond substituents is 1. The van der Waals surface area contributed by atoms with E-state index in [-0.39, 0.29) is 22.9 Å². The van der Waals surface area contributed by atoms with Crippen molar-refractivity contribution in [1.82, 2.24) is 19.7 Å². The number of phenols is 1. The average molecular weight is 511 g/mol. The van der Waals surface area contributed by atoms with Crippen LogP contribution in [-0.4, -0.2) is 48.1 Å². The second-order valence-corrected chi connectivity index (χ2v) is 10.8. The molecule has 0 spiro atoms. The third kappa shape index (κ3) is 4.82. The molecule has 1 aromatic carbocycles. The summed E-state index contributed by atoms with van der Waals surface area (Å²) in [5, 5.41) is 19.3. The minimum atomic E-state index is -1.38. The van der Waals surface area contributed by atoms with Crippen molar-refractivity contribution < 1.29 is 13.9 Å². The van der Waals surface area contributed by atoms with Gasteiger partial charge in [-0.1, -0.05) is 13.0 Å². The SMILES string of the molecule is CC[C@@]1(F)CC[C@](C)(N)C[C@@H]1N(c1ncc(-c2ccc(-c3cc(=O)n(C)cc3F)cc2O)nn1)C1CC1. The first-order valence-corrected chi connectivity index (χ1v) is 12.7. The quantitative estimate of drug-likeness (QED) is 0.514. The first kappa shape index (κ1) is 25.3. The van der Waals surface area contributed by atoms with E-state index in [1.165, 1.54) is 25.4 Å². The van der Waals surface area contributed by atoms with Crippen molar-refractivity contribution in [3.8, 4) is 28.1 Å². The van der Waals surface area contributed by atoms with E-state index in [0.717, 1.165) is 23.6 Å². The van der Waals surface area contributed by atoms with Gasteiger partial charge in [0.1, 0.15) is 22.9 Å². The maximum atomic E-state index is 16.0. The largest absolute Gasteiger partial charge is 0.507 e. The molecule has 2 heterocycles. The van der Waals surface area contributed by atoms with Crippen molar-refractivity contribution in [2.24, 2.45) is 12.8 Å². The predicted octanol–water partition coefficient (Wildman–Crippen LogP) is 4.11. The lowest BCUT2D eigenvalue weighted by atomic mass is 9.71. The lowest BCUT2D eigenvalue weighted by Crippen LogP contribution is -2.60. The minimum Gasteiger partial charge on any atom is -0.507 e. The maximum absolute atomic E-state index is 16.0. The molecule has 2 aromatic heterocycles. The van der Waals surface area contributed by atoms with Crippen LogP contribution in [0, 0.1) is 5.82 Å². The number of pyridine rings is 1. The normalized spacial score (nSPS) is 25.7. The zero-order valence-electron chi connectivity index (χ0n) is 21.3. The number of benzene rings is 1. The number of aromatic nitrogens is 4. The first-order valence-electron chi connectivity index (χ1n) is 12.7. The van der Waals surface area contributed by atoms with Crippen LogP contribution in [0.5, 0.6) is 5.75 Å². The van der Waals surface area contributed by atoms with Crippen molar-refractivity contribution in [2.45, 2.75) is 75.7 Å². The Morgan fingerprint density at radius 1 is 1.22 bits per heavy atom. The molecule has 0 aliphatic heterocycles. The molecule has 8 nitrogen and oxygen atoms in total. The molecule has 0 radical (unpaired) electrons. The van der Waals surface area contributed by atoms with E-state index in [2.05, 4.69) is 15.2 Å². The summed E-state index contributed by atoms with van der Waals surface area (Å²) >= 11 is 0. The Kier molecular flexibility index (Phi) is 6.26. The van der Waals surface area contributed by atoms with Gasteiger partial charge in [0.25, 0.3) is 5.56 Å². The van der Waals surface area contributed by atoms with E-state index in [1.807, 2.05) is 18.7 Å². The highest BCUT2D eigenvalue weighted by atomic mass is 19.1. The Morgan fingerprint density at radius 3 is 2.59 bits per heavy atom. The van der Waals surface area contributed by atoms with Crippen LogP contribution in [0.2, 0.25) is 0 Å². The van der Waals surface area contributed by atoms with Gasteiger partial charge in [-0.25, -0.2) is 13.8 Å². The van der Waals surface area contributed by atoms with Crippen LogP contribution in [0.3, 0.4) is 0 Å². The van der Waals surface area contributed by atoms with Gasteiger partial charge in [-0.3, -0.25) is 4.79 Å². The number of aryl methyl sites for hydroxylation is 1. The summed E-state index contributed by atoms with van der Waals surface area (Å²) in [6.45, 7) is 3.83. The molecule has 0 unspecified atom stereocenters. The van der Waals surface area contributed by atoms with Gasteiger partial charge in [0, 0.05) is 42.0 Å². The Balaban J connectivity index is 1.45. The lowest BCUT2D eigenvalue weighted by molar-refractivity contribution is 0.0440. The molecule has 3 atom stereocenters. The van der Waals surface area contributed by atoms with Crippen molar-refractivity contribution >= 4 is 5.95 Å². The molecule has 2 fully saturated rings. The molecule has 196 valence electrons. The Hall–Kier alpha value is -3.40. The zero-order valence-corrected chi connectivity index (χ0v) is 21.3. The molecule has 2 aliphatic rings. The molecule has 0 saturated heterocycles. The van der Waals surface area contributed by atoms with Gasteiger partial charge in [-0.05, 0) is 63.1 Å². The first-order chi connectivity index (χ1) is 17.5. The van der Waals surface area contributed by atoms with E-state index in [1.54, 1.807) is 12.1 Å². The molecular weight excluding hydrogens is 478 g/mol. The number of hydrogen-bond acceptors (Lipinski definition) is 7. The second-order valence-electron chi connectivity index (χ2n) is 10.8. The standard InChI is InChI=1S/C27H32F2N6O2/c1-4-27(29)10-9-26(2,30)13-23(27)35(17-6-7-17)25-31-14-21(32-33-25)18-8-5-16(11-22(18)36)19-12-24(37)34(3)15-20(19)28/h5,8,11-12,14-15,17,23,36H,4,6-7,9-10,13,30H2,1-3H3/t23-,26-,27+/m0/s1. The third-order valence-corrected chi connectivity index (χ3v) is 7.78. The summed E-state index contributed by atoms with van der Waals surface area (Å²) in [7, 11) is 1.47. The van der Waals surface area contributed by atoms with E-state index < -0.39 is 23.1 Å². The summed E-state index contributed by atoms with van der Waals surface area (Å²) in [5.74, 6) is -0.379. The lowest BCUT2D eigenvalue weighted by Gasteiger charge is -2.49. The average Bonchev–Trinajstić information content (AvgIpc) is 3.69. The van der Waals surface area contributed by atoms with Crippen LogP contribution < -0.4 is 16.2 Å². The van der Waals surface area contributed by atoms with Gasteiger partial charge >= 0.3 is 0 Å². The number of aromatic hydroxyl groups is 1. The van der Waals surface area contributed by atoms with Gasteiger partial charge in [0.05, 0.1) is 12.2 Å². The summed E-state index contributed by atoms with van der Waals surface area (Å²) < 4.78 is 31.6. The molecule has 0 bridgehead atoms.